The SMILES string of the molecule is CC(CCc1nc2cc(C(=O)N[C@H]3CCCc4ccccc43)ccc2nc1-c1ccc(F)cc1)CC(=O)O. The van der Waals surface area contributed by atoms with Gasteiger partial charge in [-0.05, 0) is 91.6 Å². The van der Waals surface area contributed by atoms with Crippen LogP contribution in [0.5, 0.6) is 0 Å². The maximum atomic E-state index is 13.6. The van der Waals surface area contributed by atoms with Crippen molar-refractivity contribution in [3.63, 3.8) is 0 Å². The molecule has 2 atom stereocenters. The zero-order valence-electron chi connectivity index (χ0n) is 21.3. The Hall–Kier alpha value is -4.13. The van der Waals surface area contributed by atoms with Crippen molar-refractivity contribution in [3.05, 3.63) is 94.9 Å². The van der Waals surface area contributed by atoms with E-state index in [1.807, 2.05) is 19.1 Å². The van der Waals surface area contributed by atoms with Crippen LogP contribution >= 0.6 is 0 Å². The van der Waals surface area contributed by atoms with Gasteiger partial charge < -0.3 is 10.4 Å². The Bertz CT molecular complexity index is 1490. The molecule has 0 saturated heterocycles. The van der Waals surface area contributed by atoms with Crippen LogP contribution in [0.3, 0.4) is 0 Å². The highest BCUT2D eigenvalue weighted by Crippen LogP contribution is 2.30. The van der Waals surface area contributed by atoms with E-state index in [-0.39, 0.29) is 30.1 Å². The van der Waals surface area contributed by atoms with Crippen molar-refractivity contribution in [3.8, 4) is 11.3 Å². The van der Waals surface area contributed by atoms with Crippen LogP contribution in [0.2, 0.25) is 0 Å². The summed E-state index contributed by atoms with van der Waals surface area (Å²) < 4.78 is 13.6. The topological polar surface area (TPSA) is 92.2 Å². The van der Waals surface area contributed by atoms with E-state index in [0.717, 1.165) is 24.8 Å². The normalized spacial score (nSPS) is 15.6. The average Bonchev–Trinajstić information content (AvgIpc) is 2.91. The van der Waals surface area contributed by atoms with Crippen LogP contribution in [-0.2, 0) is 17.6 Å². The van der Waals surface area contributed by atoms with Gasteiger partial charge >= 0.3 is 5.97 Å². The maximum absolute atomic E-state index is 13.6. The zero-order valence-corrected chi connectivity index (χ0v) is 21.3. The Kier molecular flexibility index (Phi) is 7.45. The van der Waals surface area contributed by atoms with Crippen LogP contribution < -0.4 is 5.32 Å². The summed E-state index contributed by atoms with van der Waals surface area (Å²) >= 11 is 0. The Morgan fingerprint density at radius 1 is 1.05 bits per heavy atom. The Morgan fingerprint density at radius 3 is 2.63 bits per heavy atom. The Labute approximate surface area is 221 Å². The summed E-state index contributed by atoms with van der Waals surface area (Å²) in [5, 5.41) is 12.3. The number of amides is 1. The van der Waals surface area contributed by atoms with Gasteiger partial charge in [0.25, 0.3) is 5.91 Å². The molecule has 1 aromatic heterocycles. The smallest absolute Gasteiger partial charge is 0.303 e. The van der Waals surface area contributed by atoms with Gasteiger partial charge in [0.15, 0.2) is 0 Å². The predicted octanol–water partition coefficient (Wildman–Crippen LogP) is 6.29. The van der Waals surface area contributed by atoms with Crippen LogP contribution in [0.4, 0.5) is 4.39 Å². The number of benzene rings is 3. The van der Waals surface area contributed by atoms with Crippen molar-refractivity contribution in [2.75, 3.05) is 0 Å². The van der Waals surface area contributed by atoms with E-state index in [1.165, 1.54) is 23.3 Å². The molecule has 0 saturated carbocycles. The van der Waals surface area contributed by atoms with Gasteiger partial charge in [-0.25, -0.2) is 14.4 Å². The van der Waals surface area contributed by atoms with Gasteiger partial charge in [-0.2, -0.15) is 0 Å². The number of carboxylic acids is 1. The number of aromatic nitrogens is 2. The number of carbonyl (C=O) groups excluding carboxylic acids is 1. The number of nitrogens with one attached hydrogen (secondary N) is 1. The Morgan fingerprint density at radius 2 is 1.84 bits per heavy atom. The number of nitrogens with zero attached hydrogens (tertiary/aromatic N) is 2. The van der Waals surface area contributed by atoms with Crippen LogP contribution in [-0.4, -0.2) is 27.0 Å². The van der Waals surface area contributed by atoms with Crippen LogP contribution in [0, 0.1) is 11.7 Å². The number of carboxylic acid groups (broad SMARTS) is 1. The van der Waals surface area contributed by atoms with Crippen molar-refractivity contribution >= 4 is 22.9 Å². The summed E-state index contributed by atoms with van der Waals surface area (Å²) in [5.41, 5.74) is 6.25. The van der Waals surface area contributed by atoms with Crippen molar-refractivity contribution in [2.24, 2.45) is 5.92 Å². The molecular weight excluding hydrogens is 481 g/mol. The minimum absolute atomic E-state index is 0.0265. The molecule has 4 aromatic rings. The summed E-state index contributed by atoms with van der Waals surface area (Å²) in [6.45, 7) is 1.89. The molecule has 0 fully saturated rings. The van der Waals surface area contributed by atoms with Crippen molar-refractivity contribution in [1.29, 1.82) is 0 Å². The van der Waals surface area contributed by atoms with Crippen molar-refractivity contribution in [2.45, 2.75) is 51.5 Å². The zero-order chi connectivity index (χ0) is 26.6. The number of rotatable bonds is 8. The lowest BCUT2D eigenvalue weighted by Gasteiger charge is -2.26. The predicted molar refractivity (Wildman–Crippen MR) is 144 cm³/mol. The summed E-state index contributed by atoms with van der Waals surface area (Å²) in [6.07, 6.45) is 4.15. The third-order valence-corrected chi connectivity index (χ3v) is 7.19. The molecule has 5 rings (SSSR count). The summed E-state index contributed by atoms with van der Waals surface area (Å²) in [7, 11) is 0. The third-order valence-electron chi connectivity index (χ3n) is 7.19. The standard InChI is InChI=1S/C31H30FN3O3/c1-19(17-29(36)37)9-15-27-30(21-10-13-23(32)14-11-21)34-26-16-12-22(18-28(26)33-27)31(38)35-25-8-4-6-20-5-2-3-7-24(20)25/h2-3,5,7,10-14,16,18-19,25H,4,6,8-9,15,17H2,1H3,(H,35,38)(H,36,37)/t19?,25-/m0/s1. The molecule has 0 spiro atoms. The van der Waals surface area contributed by atoms with E-state index < -0.39 is 5.97 Å². The number of hydrogen-bond donors (Lipinski definition) is 2. The second-order valence-electron chi connectivity index (χ2n) is 10.1. The van der Waals surface area contributed by atoms with Gasteiger partial charge in [-0.3, -0.25) is 9.59 Å². The molecule has 2 N–H and O–H groups in total. The minimum Gasteiger partial charge on any atom is -0.481 e. The highest BCUT2D eigenvalue weighted by Gasteiger charge is 2.22. The average molecular weight is 512 g/mol. The first-order valence-corrected chi connectivity index (χ1v) is 13.0. The molecule has 6 nitrogen and oxygen atoms in total. The molecule has 1 aliphatic carbocycles. The lowest BCUT2D eigenvalue weighted by Crippen LogP contribution is -2.31. The fourth-order valence-electron chi connectivity index (χ4n) is 5.17. The highest BCUT2D eigenvalue weighted by atomic mass is 19.1. The van der Waals surface area contributed by atoms with E-state index in [2.05, 4.69) is 17.4 Å². The summed E-state index contributed by atoms with van der Waals surface area (Å²) in [5.74, 6) is -1.37. The van der Waals surface area contributed by atoms with Gasteiger partial charge in [-0.15, -0.1) is 0 Å². The molecule has 0 aliphatic heterocycles. The highest BCUT2D eigenvalue weighted by molar-refractivity contribution is 5.97. The number of halogens is 1. The molecule has 0 bridgehead atoms. The molecule has 1 amide bonds. The number of aliphatic carboxylic acids is 1. The van der Waals surface area contributed by atoms with Gasteiger partial charge in [-0.1, -0.05) is 31.2 Å². The molecule has 1 heterocycles. The first-order valence-electron chi connectivity index (χ1n) is 13.0. The molecule has 38 heavy (non-hydrogen) atoms. The minimum atomic E-state index is -0.836. The second kappa shape index (κ2) is 11.1. The molecule has 1 aliphatic rings. The second-order valence-corrected chi connectivity index (χ2v) is 10.1. The molecule has 0 radical (unpaired) electrons. The molecule has 7 heteroatoms. The van der Waals surface area contributed by atoms with Crippen molar-refractivity contribution in [1.82, 2.24) is 15.3 Å². The number of aryl methyl sites for hydroxylation is 2. The van der Waals surface area contributed by atoms with E-state index in [1.54, 1.807) is 30.3 Å². The Balaban J connectivity index is 1.45. The molecule has 1 unspecified atom stereocenters. The first kappa shape index (κ1) is 25.5. The largest absolute Gasteiger partial charge is 0.481 e. The number of carbonyl (C=O) groups is 2. The van der Waals surface area contributed by atoms with Crippen LogP contribution in [0.15, 0.2) is 66.7 Å². The van der Waals surface area contributed by atoms with E-state index in [4.69, 9.17) is 15.1 Å². The van der Waals surface area contributed by atoms with Gasteiger partial charge in [0.1, 0.15) is 5.82 Å². The van der Waals surface area contributed by atoms with Gasteiger partial charge in [0, 0.05) is 17.5 Å². The molecule has 3 aromatic carbocycles. The molecular formula is C31H30FN3O3. The van der Waals surface area contributed by atoms with Crippen LogP contribution in [0.1, 0.15) is 65.8 Å². The monoisotopic (exact) mass is 511 g/mol. The third kappa shape index (κ3) is 5.72. The van der Waals surface area contributed by atoms with E-state index in [0.29, 0.717) is 40.8 Å². The summed E-state index contributed by atoms with van der Waals surface area (Å²) in [6, 6.07) is 19.6. The summed E-state index contributed by atoms with van der Waals surface area (Å²) in [4.78, 5) is 34.1. The fourth-order valence-corrected chi connectivity index (χ4v) is 5.17. The van der Waals surface area contributed by atoms with Crippen molar-refractivity contribution < 1.29 is 19.1 Å². The fraction of sp³-hybridized carbons (Fsp3) is 0.290. The number of fused-ring (bicyclic) bond motifs is 2. The van der Waals surface area contributed by atoms with E-state index >= 15 is 0 Å². The van der Waals surface area contributed by atoms with Crippen LogP contribution in [0.25, 0.3) is 22.3 Å². The maximum Gasteiger partial charge on any atom is 0.303 e. The lowest BCUT2D eigenvalue weighted by molar-refractivity contribution is -0.138. The van der Waals surface area contributed by atoms with Gasteiger partial charge in [0.05, 0.1) is 28.5 Å². The lowest BCUT2D eigenvalue weighted by atomic mass is 9.87. The first-order chi connectivity index (χ1) is 18.4. The number of hydrogen-bond acceptors (Lipinski definition) is 4. The van der Waals surface area contributed by atoms with E-state index in [9.17, 15) is 14.0 Å². The quantitative estimate of drug-likeness (QED) is 0.290. The van der Waals surface area contributed by atoms with Gasteiger partial charge in [0.2, 0.25) is 0 Å². The molecule has 194 valence electrons.